The second-order valence-electron chi connectivity index (χ2n) is 7.86. The summed E-state index contributed by atoms with van der Waals surface area (Å²) in [7, 11) is 0. The van der Waals surface area contributed by atoms with E-state index in [1.807, 2.05) is 56.0 Å². The number of nitrogens with zero attached hydrogens (tertiary/aromatic N) is 2. The number of carbonyl (C=O) groups is 2. The fraction of sp³-hybridized carbons (Fsp3) is 0.364. The number of carbonyl (C=O) groups excluding carboxylic acids is 2. The van der Waals surface area contributed by atoms with Crippen molar-refractivity contribution in [2.24, 2.45) is 5.41 Å². The Bertz CT molecular complexity index is 804. The van der Waals surface area contributed by atoms with E-state index in [-0.39, 0.29) is 11.8 Å². The molecule has 1 saturated heterocycles. The third kappa shape index (κ3) is 4.48. The van der Waals surface area contributed by atoms with Crippen LogP contribution in [-0.2, 0) is 4.79 Å². The van der Waals surface area contributed by atoms with Gasteiger partial charge in [-0.2, -0.15) is 0 Å². The van der Waals surface area contributed by atoms with Crippen molar-refractivity contribution in [1.82, 2.24) is 4.90 Å². The minimum absolute atomic E-state index is 0.0347. The van der Waals surface area contributed by atoms with Crippen molar-refractivity contribution in [2.75, 3.05) is 36.4 Å². The second kappa shape index (κ2) is 7.82. The highest BCUT2D eigenvalue weighted by atomic mass is 16.2. The highest BCUT2D eigenvalue weighted by molar-refractivity contribution is 6.04. The highest BCUT2D eigenvalue weighted by Crippen LogP contribution is 2.23. The number of amides is 2. The van der Waals surface area contributed by atoms with Gasteiger partial charge in [0.1, 0.15) is 0 Å². The van der Waals surface area contributed by atoms with Crippen LogP contribution in [-0.4, -0.2) is 42.9 Å². The van der Waals surface area contributed by atoms with Gasteiger partial charge in [0.05, 0.1) is 11.3 Å². The van der Waals surface area contributed by atoms with Crippen LogP contribution in [0.1, 0.15) is 31.1 Å². The summed E-state index contributed by atoms with van der Waals surface area (Å²) in [6, 6.07) is 17.5. The number of piperazine rings is 1. The lowest BCUT2D eigenvalue weighted by Crippen LogP contribution is -2.49. The van der Waals surface area contributed by atoms with E-state index in [1.54, 1.807) is 12.1 Å². The van der Waals surface area contributed by atoms with E-state index in [9.17, 15) is 9.59 Å². The average Bonchev–Trinajstić information content (AvgIpc) is 2.68. The van der Waals surface area contributed by atoms with Crippen LogP contribution in [0.25, 0.3) is 0 Å². The van der Waals surface area contributed by atoms with Crippen molar-refractivity contribution >= 4 is 23.2 Å². The Morgan fingerprint density at radius 3 is 2.07 bits per heavy atom. The molecule has 0 aromatic heterocycles. The Morgan fingerprint density at radius 1 is 0.852 bits per heavy atom. The maximum absolute atomic E-state index is 13.1. The molecule has 0 unspecified atom stereocenters. The summed E-state index contributed by atoms with van der Waals surface area (Å²) in [5.41, 5.74) is 1.79. The van der Waals surface area contributed by atoms with Crippen LogP contribution in [0.2, 0.25) is 0 Å². The minimum atomic E-state index is -0.516. The molecule has 5 heteroatoms. The Labute approximate surface area is 161 Å². The summed E-state index contributed by atoms with van der Waals surface area (Å²) < 4.78 is 0. The Kier molecular flexibility index (Phi) is 5.49. The Hall–Kier alpha value is -2.82. The lowest BCUT2D eigenvalue weighted by Gasteiger charge is -2.36. The SMILES string of the molecule is CC(C)(C)C(=O)Nc1ccccc1C(=O)N1CCN(c2ccccc2)CC1. The number of anilines is 2. The van der Waals surface area contributed by atoms with Crippen LogP contribution in [0.15, 0.2) is 54.6 Å². The highest BCUT2D eigenvalue weighted by Gasteiger charge is 2.26. The number of hydrogen-bond acceptors (Lipinski definition) is 3. The van der Waals surface area contributed by atoms with Gasteiger partial charge in [0.15, 0.2) is 0 Å². The molecule has 1 heterocycles. The van der Waals surface area contributed by atoms with E-state index in [0.717, 1.165) is 13.1 Å². The maximum atomic E-state index is 13.1. The van der Waals surface area contributed by atoms with Crippen LogP contribution in [0.5, 0.6) is 0 Å². The molecule has 1 aliphatic heterocycles. The molecule has 0 atom stereocenters. The fourth-order valence-electron chi connectivity index (χ4n) is 3.07. The Balaban J connectivity index is 1.69. The monoisotopic (exact) mass is 365 g/mol. The summed E-state index contributed by atoms with van der Waals surface area (Å²) in [6.45, 7) is 8.49. The van der Waals surface area contributed by atoms with E-state index in [1.165, 1.54) is 5.69 Å². The topological polar surface area (TPSA) is 52.7 Å². The number of hydrogen-bond donors (Lipinski definition) is 1. The van der Waals surface area contributed by atoms with Crippen molar-refractivity contribution in [2.45, 2.75) is 20.8 Å². The molecule has 5 nitrogen and oxygen atoms in total. The molecule has 0 aliphatic carbocycles. The predicted octanol–water partition coefficient (Wildman–Crippen LogP) is 3.63. The normalized spacial score (nSPS) is 14.8. The Morgan fingerprint density at radius 2 is 1.44 bits per heavy atom. The van der Waals surface area contributed by atoms with Crippen molar-refractivity contribution < 1.29 is 9.59 Å². The summed E-state index contributed by atoms with van der Waals surface area (Å²) in [5, 5.41) is 2.91. The van der Waals surface area contributed by atoms with Crippen LogP contribution < -0.4 is 10.2 Å². The lowest BCUT2D eigenvalue weighted by atomic mass is 9.95. The average molecular weight is 365 g/mol. The number of para-hydroxylation sites is 2. The number of nitrogens with one attached hydrogen (secondary N) is 1. The van der Waals surface area contributed by atoms with E-state index in [2.05, 4.69) is 22.3 Å². The van der Waals surface area contributed by atoms with Crippen LogP contribution in [0.4, 0.5) is 11.4 Å². The molecular formula is C22H27N3O2. The molecule has 2 aromatic carbocycles. The quantitative estimate of drug-likeness (QED) is 0.904. The summed E-state index contributed by atoms with van der Waals surface area (Å²) in [4.78, 5) is 29.5. The summed E-state index contributed by atoms with van der Waals surface area (Å²) in [6.07, 6.45) is 0. The smallest absolute Gasteiger partial charge is 0.256 e. The van der Waals surface area contributed by atoms with Crippen LogP contribution >= 0.6 is 0 Å². The first-order valence-electron chi connectivity index (χ1n) is 9.36. The second-order valence-corrected chi connectivity index (χ2v) is 7.86. The van der Waals surface area contributed by atoms with Gasteiger partial charge in [-0.3, -0.25) is 9.59 Å². The van der Waals surface area contributed by atoms with Gasteiger partial charge >= 0.3 is 0 Å². The van der Waals surface area contributed by atoms with Gasteiger partial charge in [0.25, 0.3) is 5.91 Å². The van der Waals surface area contributed by atoms with Gasteiger partial charge in [0.2, 0.25) is 5.91 Å². The van der Waals surface area contributed by atoms with Crippen LogP contribution in [0, 0.1) is 5.41 Å². The first-order valence-corrected chi connectivity index (χ1v) is 9.36. The molecular weight excluding hydrogens is 338 g/mol. The molecule has 1 aliphatic rings. The number of rotatable bonds is 3. The number of benzene rings is 2. The van der Waals surface area contributed by atoms with E-state index in [0.29, 0.717) is 24.3 Å². The third-order valence-electron chi connectivity index (χ3n) is 4.78. The van der Waals surface area contributed by atoms with Gasteiger partial charge in [-0.05, 0) is 24.3 Å². The lowest BCUT2D eigenvalue weighted by molar-refractivity contribution is -0.123. The van der Waals surface area contributed by atoms with E-state index >= 15 is 0 Å². The molecule has 0 saturated carbocycles. The minimum Gasteiger partial charge on any atom is -0.368 e. The van der Waals surface area contributed by atoms with E-state index < -0.39 is 5.41 Å². The summed E-state index contributed by atoms with van der Waals surface area (Å²) in [5.74, 6) is -0.135. The standard InChI is InChI=1S/C22H27N3O2/c1-22(2,3)21(27)23-19-12-8-7-11-18(19)20(26)25-15-13-24(14-16-25)17-9-5-4-6-10-17/h4-12H,13-16H2,1-3H3,(H,23,27). The summed E-state index contributed by atoms with van der Waals surface area (Å²) >= 11 is 0. The maximum Gasteiger partial charge on any atom is 0.256 e. The molecule has 2 aromatic rings. The van der Waals surface area contributed by atoms with Gasteiger partial charge in [-0.25, -0.2) is 0 Å². The molecule has 3 rings (SSSR count). The molecule has 0 bridgehead atoms. The molecule has 27 heavy (non-hydrogen) atoms. The zero-order chi connectivity index (χ0) is 19.4. The molecule has 1 N–H and O–H groups in total. The van der Waals surface area contributed by atoms with Crippen molar-refractivity contribution in [3.63, 3.8) is 0 Å². The molecule has 0 spiro atoms. The van der Waals surface area contributed by atoms with E-state index in [4.69, 9.17) is 0 Å². The van der Waals surface area contributed by atoms with Crippen molar-refractivity contribution in [3.05, 3.63) is 60.2 Å². The molecule has 2 amide bonds. The van der Waals surface area contributed by atoms with Crippen molar-refractivity contribution in [3.8, 4) is 0 Å². The fourth-order valence-corrected chi connectivity index (χ4v) is 3.07. The van der Waals surface area contributed by atoms with Gasteiger partial charge in [-0.1, -0.05) is 51.1 Å². The zero-order valence-electron chi connectivity index (χ0n) is 16.2. The van der Waals surface area contributed by atoms with Crippen LogP contribution in [0.3, 0.4) is 0 Å². The van der Waals surface area contributed by atoms with Gasteiger partial charge in [0, 0.05) is 37.3 Å². The predicted molar refractivity (Wildman–Crippen MR) is 109 cm³/mol. The first kappa shape index (κ1) is 19.0. The molecule has 1 fully saturated rings. The first-order chi connectivity index (χ1) is 12.9. The van der Waals surface area contributed by atoms with Crippen molar-refractivity contribution in [1.29, 1.82) is 0 Å². The molecule has 142 valence electrons. The third-order valence-corrected chi connectivity index (χ3v) is 4.78. The van der Waals surface area contributed by atoms with Gasteiger partial charge < -0.3 is 15.1 Å². The van der Waals surface area contributed by atoms with Gasteiger partial charge in [-0.15, -0.1) is 0 Å². The zero-order valence-corrected chi connectivity index (χ0v) is 16.2. The molecule has 0 radical (unpaired) electrons. The largest absolute Gasteiger partial charge is 0.368 e.